The first kappa shape index (κ1) is 18.5. The average molecular weight is 435 g/mol. The zero-order valence-corrected chi connectivity index (χ0v) is 16.1. The standard InChI is InChI=1S/C18H15BrN2O4S/c1-10-17(23)21-14-8-11(6-7-15(14)26-10)18(24)25-9-16(22)20-13-5-3-2-4-12(13)19/h2-8,10H,9H2,1H3,(H,20,22)(H,21,23). The topological polar surface area (TPSA) is 84.5 Å². The van der Waals surface area contributed by atoms with E-state index in [1.54, 1.807) is 36.4 Å². The van der Waals surface area contributed by atoms with Gasteiger partial charge < -0.3 is 15.4 Å². The van der Waals surface area contributed by atoms with Gasteiger partial charge in [0.05, 0.1) is 22.2 Å². The summed E-state index contributed by atoms with van der Waals surface area (Å²) in [5, 5.41) is 5.23. The van der Waals surface area contributed by atoms with E-state index in [0.717, 1.165) is 9.37 Å². The number of ether oxygens (including phenoxy) is 1. The summed E-state index contributed by atoms with van der Waals surface area (Å²) in [4.78, 5) is 36.8. The molecular formula is C18H15BrN2O4S. The molecule has 0 radical (unpaired) electrons. The molecule has 0 bridgehead atoms. The Morgan fingerprint density at radius 3 is 2.81 bits per heavy atom. The summed E-state index contributed by atoms with van der Waals surface area (Å²) in [6.45, 7) is 1.41. The zero-order chi connectivity index (χ0) is 18.7. The highest BCUT2D eigenvalue weighted by Crippen LogP contribution is 2.36. The van der Waals surface area contributed by atoms with Crippen molar-refractivity contribution in [2.75, 3.05) is 17.2 Å². The Morgan fingerprint density at radius 1 is 1.27 bits per heavy atom. The number of hydrogen-bond donors (Lipinski definition) is 2. The highest BCUT2D eigenvalue weighted by atomic mass is 79.9. The summed E-state index contributed by atoms with van der Waals surface area (Å²) in [7, 11) is 0. The quantitative estimate of drug-likeness (QED) is 0.716. The molecule has 3 rings (SSSR count). The minimum Gasteiger partial charge on any atom is -0.452 e. The zero-order valence-electron chi connectivity index (χ0n) is 13.7. The van der Waals surface area contributed by atoms with Gasteiger partial charge in [-0.1, -0.05) is 12.1 Å². The number of benzene rings is 2. The number of hydrogen-bond acceptors (Lipinski definition) is 5. The molecule has 134 valence electrons. The predicted octanol–water partition coefficient (Wildman–Crippen LogP) is 3.68. The van der Waals surface area contributed by atoms with Gasteiger partial charge in [0.15, 0.2) is 6.61 Å². The third kappa shape index (κ3) is 4.25. The van der Waals surface area contributed by atoms with Crippen molar-refractivity contribution < 1.29 is 19.1 Å². The number of nitrogens with one attached hydrogen (secondary N) is 2. The molecule has 8 heteroatoms. The summed E-state index contributed by atoms with van der Waals surface area (Å²) in [6.07, 6.45) is 0. The van der Waals surface area contributed by atoms with Crippen molar-refractivity contribution >= 4 is 56.9 Å². The largest absolute Gasteiger partial charge is 0.452 e. The number of thioether (sulfide) groups is 1. The SMILES string of the molecule is CC1Sc2ccc(C(=O)OCC(=O)Nc3ccccc3Br)cc2NC1=O. The van der Waals surface area contributed by atoms with Crippen LogP contribution in [-0.2, 0) is 14.3 Å². The number of para-hydroxylation sites is 1. The van der Waals surface area contributed by atoms with E-state index < -0.39 is 18.5 Å². The minimum atomic E-state index is -0.632. The summed E-state index contributed by atoms with van der Waals surface area (Å²) in [5.41, 5.74) is 1.44. The van der Waals surface area contributed by atoms with Crippen LogP contribution in [0, 0.1) is 0 Å². The van der Waals surface area contributed by atoms with Crippen LogP contribution in [0.5, 0.6) is 0 Å². The van der Waals surface area contributed by atoms with E-state index in [9.17, 15) is 14.4 Å². The normalized spacial score (nSPS) is 15.6. The van der Waals surface area contributed by atoms with Gasteiger partial charge >= 0.3 is 5.97 Å². The maximum Gasteiger partial charge on any atom is 0.338 e. The lowest BCUT2D eigenvalue weighted by molar-refractivity contribution is -0.119. The molecule has 2 aromatic carbocycles. The van der Waals surface area contributed by atoms with Crippen molar-refractivity contribution in [3.63, 3.8) is 0 Å². The Morgan fingerprint density at radius 2 is 2.04 bits per heavy atom. The van der Waals surface area contributed by atoms with Crippen LogP contribution in [-0.4, -0.2) is 29.6 Å². The average Bonchev–Trinajstić information content (AvgIpc) is 2.62. The predicted molar refractivity (Wildman–Crippen MR) is 103 cm³/mol. The van der Waals surface area contributed by atoms with Crippen LogP contribution in [0.25, 0.3) is 0 Å². The first-order valence-corrected chi connectivity index (χ1v) is 9.44. The van der Waals surface area contributed by atoms with Crippen molar-refractivity contribution in [2.45, 2.75) is 17.1 Å². The third-order valence-electron chi connectivity index (χ3n) is 3.63. The monoisotopic (exact) mass is 434 g/mol. The molecule has 0 aromatic heterocycles. The second kappa shape index (κ2) is 7.92. The Bertz CT molecular complexity index is 887. The van der Waals surface area contributed by atoms with Gasteiger partial charge in [-0.05, 0) is 53.2 Å². The number of carbonyl (C=O) groups is 3. The van der Waals surface area contributed by atoms with Gasteiger partial charge in [-0.15, -0.1) is 11.8 Å². The number of rotatable bonds is 4. The second-order valence-electron chi connectivity index (χ2n) is 5.56. The van der Waals surface area contributed by atoms with Crippen molar-refractivity contribution in [3.8, 4) is 0 Å². The Kier molecular flexibility index (Phi) is 5.63. The smallest absolute Gasteiger partial charge is 0.338 e. The number of fused-ring (bicyclic) bond motifs is 1. The molecule has 1 unspecified atom stereocenters. The van der Waals surface area contributed by atoms with Crippen LogP contribution in [0.1, 0.15) is 17.3 Å². The molecule has 2 amide bonds. The Labute approximate surface area is 162 Å². The molecule has 6 nitrogen and oxygen atoms in total. The number of esters is 1. The van der Waals surface area contributed by atoms with Gasteiger partial charge in [0.2, 0.25) is 5.91 Å². The molecule has 1 aliphatic rings. The molecule has 2 aromatic rings. The first-order chi connectivity index (χ1) is 12.4. The fraction of sp³-hybridized carbons (Fsp3) is 0.167. The number of amides is 2. The molecular weight excluding hydrogens is 420 g/mol. The van der Waals surface area contributed by atoms with Crippen LogP contribution in [0.3, 0.4) is 0 Å². The van der Waals surface area contributed by atoms with Gasteiger partial charge in [0.25, 0.3) is 5.91 Å². The molecule has 0 saturated carbocycles. The lowest BCUT2D eigenvalue weighted by Crippen LogP contribution is -2.26. The summed E-state index contributed by atoms with van der Waals surface area (Å²) >= 11 is 4.76. The van der Waals surface area contributed by atoms with Crippen molar-refractivity contribution in [2.24, 2.45) is 0 Å². The van der Waals surface area contributed by atoms with Crippen LogP contribution < -0.4 is 10.6 Å². The molecule has 0 aliphatic carbocycles. The third-order valence-corrected chi connectivity index (χ3v) is 5.50. The lowest BCUT2D eigenvalue weighted by atomic mass is 10.2. The van der Waals surface area contributed by atoms with E-state index in [0.29, 0.717) is 11.4 Å². The van der Waals surface area contributed by atoms with Crippen LogP contribution in [0.2, 0.25) is 0 Å². The Hall–Kier alpha value is -2.32. The molecule has 0 spiro atoms. The lowest BCUT2D eigenvalue weighted by Gasteiger charge is -2.21. The van der Waals surface area contributed by atoms with Gasteiger partial charge in [-0.25, -0.2) is 4.79 Å². The molecule has 1 atom stereocenters. The van der Waals surface area contributed by atoms with Crippen LogP contribution >= 0.6 is 27.7 Å². The maximum absolute atomic E-state index is 12.2. The fourth-order valence-corrected chi connectivity index (χ4v) is 3.61. The van der Waals surface area contributed by atoms with Gasteiger partial charge in [0.1, 0.15) is 0 Å². The first-order valence-electron chi connectivity index (χ1n) is 7.77. The number of halogens is 1. The van der Waals surface area contributed by atoms with Crippen molar-refractivity contribution in [1.29, 1.82) is 0 Å². The maximum atomic E-state index is 12.2. The van der Waals surface area contributed by atoms with E-state index in [-0.39, 0.29) is 16.7 Å². The molecule has 0 saturated heterocycles. The second-order valence-corrected chi connectivity index (χ2v) is 7.80. The Balaban J connectivity index is 1.60. The molecule has 1 heterocycles. The van der Waals surface area contributed by atoms with E-state index in [1.807, 2.05) is 13.0 Å². The van der Waals surface area contributed by atoms with E-state index in [1.165, 1.54) is 11.8 Å². The molecule has 2 N–H and O–H groups in total. The molecule has 1 aliphatic heterocycles. The molecule has 26 heavy (non-hydrogen) atoms. The van der Waals surface area contributed by atoms with Crippen molar-refractivity contribution in [3.05, 3.63) is 52.5 Å². The molecule has 0 fully saturated rings. The number of anilines is 2. The highest BCUT2D eigenvalue weighted by Gasteiger charge is 2.24. The van der Waals surface area contributed by atoms with Crippen LogP contribution in [0.4, 0.5) is 11.4 Å². The van der Waals surface area contributed by atoms with Crippen molar-refractivity contribution in [1.82, 2.24) is 0 Å². The van der Waals surface area contributed by atoms with Crippen LogP contribution in [0.15, 0.2) is 51.8 Å². The highest BCUT2D eigenvalue weighted by molar-refractivity contribution is 9.10. The van der Waals surface area contributed by atoms with E-state index >= 15 is 0 Å². The van der Waals surface area contributed by atoms with Gasteiger partial charge in [-0.3, -0.25) is 9.59 Å². The fourth-order valence-electron chi connectivity index (χ4n) is 2.30. The summed E-state index contributed by atoms with van der Waals surface area (Å²) < 4.78 is 5.79. The summed E-state index contributed by atoms with van der Waals surface area (Å²) in [6, 6.07) is 12.1. The van der Waals surface area contributed by atoms with E-state index in [2.05, 4.69) is 26.6 Å². The van der Waals surface area contributed by atoms with E-state index in [4.69, 9.17) is 4.74 Å². The summed E-state index contributed by atoms with van der Waals surface area (Å²) in [5.74, 6) is -1.19. The number of carbonyl (C=O) groups excluding carboxylic acids is 3. The van der Waals surface area contributed by atoms with Gasteiger partial charge in [-0.2, -0.15) is 0 Å². The van der Waals surface area contributed by atoms with Gasteiger partial charge in [0, 0.05) is 9.37 Å². The minimum absolute atomic E-state index is 0.110.